The molecule has 0 bridgehead atoms. The summed E-state index contributed by atoms with van der Waals surface area (Å²) in [5.74, 6) is 0. The van der Waals surface area contributed by atoms with E-state index in [1.807, 2.05) is 6.92 Å². The summed E-state index contributed by atoms with van der Waals surface area (Å²) < 4.78 is 3.58. The van der Waals surface area contributed by atoms with Crippen LogP contribution in [-0.4, -0.2) is 29.0 Å². The molecule has 0 rings (SSSR count). The van der Waals surface area contributed by atoms with Crippen molar-refractivity contribution in [3.8, 4) is 0 Å². The molecule has 0 radical (unpaired) electrons. The number of aliphatic hydroxyl groups is 1. The third kappa shape index (κ3) is 5.60. The number of hydrogen-bond donors (Lipinski definition) is 1. The second-order valence-corrected chi connectivity index (χ2v) is 19.2. The van der Waals surface area contributed by atoms with E-state index in [2.05, 4.69) is 19.9 Å². The molecule has 0 saturated carbocycles. The van der Waals surface area contributed by atoms with E-state index in [-0.39, 0.29) is 6.61 Å². The fourth-order valence-electron chi connectivity index (χ4n) is 1.85. The van der Waals surface area contributed by atoms with E-state index >= 15 is 0 Å². The van der Waals surface area contributed by atoms with Crippen LogP contribution < -0.4 is 0 Å². The fraction of sp³-hybridized carbons (Fsp3) is 0.833. The number of aliphatic hydroxyl groups excluding tert-OH is 1. The number of hydrogen-bond acceptors (Lipinski definition) is 1. The van der Waals surface area contributed by atoms with E-state index in [1.165, 1.54) is 38.1 Å². The van der Waals surface area contributed by atoms with E-state index in [4.69, 9.17) is 8.92 Å². The van der Waals surface area contributed by atoms with Crippen molar-refractivity contribution in [2.45, 2.75) is 55.3 Å². The first-order chi connectivity index (χ1) is 7.14. The predicted octanol–water partition coefficient (Wildman–Crippen LogP) is 4.25. The molecule has 3 heteroatoms. The Morgan fingerprint density at radius 3 is 1.93 bits per heavy atom. The van der Waals surface area contributed by atoms with Gasteiger partial charge in [-0.3, -0.25) is 0 Å². The molecule has 0 unspecified atom stereocenters. The summed E-state index contributed by atoms with van der Waals surface area (Å²) in [6, 6.07) is 0. The molecule has 0 spiro atoms. The van der Waals surface area contributed by atoms with Crippen molar-refractivity contribution in [3.05, 3.63) is 9.67 Å². The van der Waals surface area contributed by atoms with Gasteiger partial charge in [0.05, 0.1) is 0 Å². The van der Waals surface area contributed by atoms with Gasteiger partial charge in [0.1, 0.15) is 0 Å². The summed E-state index contributed by atoms with van der Waals surface area (Å²) in [7, 11) is 6.84. The SMILES string of the molecule is C/C=[C](/CO)[Sn]([Cl])([CH2]CCC)[CH2]CCC. The van der Waals surface area contributed by atoms with E-state index in [0.717, 1.165) is 0 Å². The normalized spacial score (nSPS) is 13.3. The van der Waals surface area contributed by atoms with Crippen molar-refractivity contribution in [1.82, 2.24) is 0 Å². The molecule has 15 heavy (non-hydrogen) atoms. The van der Waals surface area contributed by atoms with Gasteiger partial charge < -0.3 is 0 Å². The molecule has 0 atom stereocenters. The fourth-order valence-corrected chi connectivity index (χ4v) is 14.8. The molecule has 90 valence electrons. The van der Waals surface area contributed by atoms with E-state index in [0.29, 0.717) is 0 Å². The Hall–Kier alpha value is 0.789. The Labute approximate surface area is 102 Å². The van der Waals surface area contributed by atoms with Gasteiger partial charge in [-0.2, -0.15) is 0 Å². The molecule has 0 aromatic rings. The van der Waals surface area contributed by atoms with Crippen LogP contribution in [0.5, 0.6) is 0 Å². The van der Waals surface area contributed by atoms with Crippen LogP contribution in [-0.2, 0) is 0 Å². The molecule has 0 heterocycles. The van der Waals surface area contributed by atoms with Crippen molar-refractivity contribution >= 4 is 26.2 Å². The van der Waals surface area contributed by atoms with Crippen LogP contribution in [0.25, 0.3) is 0 Å². The summed E-state index contributed by atoms with van der Waals surface area (Å²) in [5.41, 5.74) is 0. The van der Waals surface area contributed by atoms with Gasteiger partial charge >= 0.3 is 103 Å². The maximum atomic E-state index is 9.36. The Bertz CT molecular complexity index is 184. The number of unbranched alkanes of at least 4 members (excludes halogenated alkanes) is 2. The van der Waals surface area contributed by atoms with Crippen LogP contribution >= 0.6 is 8.92 Å². The van der Waals surface area contributed by atoms with Crippen molar-refractivity contribution < 1.29 is 5.11 Å². The molecular formula is C12H25ClOSn. The van der Waals surface area contributed by atoms with Crippen LogP contribution in [0, 0.1) is 0 Å². The van der Waals surface area contributed by atoms with Gasteiger partial charge in [-0.25, -0.2) is 0 Å². The topological polar surface area (TPSA) is 20.2 Å². The van der Waals surface area contributed by atoms with E-state index < -0.39 is 17.3 Å². The van der Waals surface area contributed by atoms with Gasteiger partial charge in [0.2, 0.25) is 0 Å². The molecule has 0 aliphatic rings. The first-order valence-electron chi connectivity index (χ1n) is 6.10. The summed E-state index contributed by atoms with van der Waals surface area (Å²) in [4.78, 5) is 0. The Kier molecular flexibility index (Phi) is 9.35. The molecule has 0 amide bonds. The zero-order valence-electron chi connectivity index (χ0n) is 10.4. The number of halogens is 1. The molecular weight excluding hydrogens is 314 g/mol. The zero-order chi connectivity index (χ0) is 11.7. The quantitative estimate of drug-likeness (QED) is 0.656. The summed E-state index contributed by atoms with van der Waals surface area (Å²) >= 11 is -2.63. The molecule has 0 aromatic heterocycles. The predicted molar refractivity (Wildman–Crippen MR) is 71.9 cm³/mol. The van der Waals surface area contributed by atoms with Gasteiger partial charge in [0, 0.05) is 0 Å². The number of rotatable bonds is 8. The van der Waals surface area contributed by atoms with Gasteiger partial charge in [0.15, 0.2) is 0 Å². The molecule has 0 aliphatic carbocycles. The van der Waals surface area contributed by atoms with Crippen LogP contribution in [0.4, 0.5) is 0 Å². The van der Waals surface area contributed by atoms with Crippen molar-refractivity contribution in [2.75, 3.05) is 6.61 Å². The standard InChI is InChI=1S/C4H7O.2C4H9.ClH.Sn/c1-2-3-4-5;2*1-3-4-2;;/h2,5H,4H2,1H3;2*1,3-4H2,2H3;1H;/q;;;;+1/p-1. The van der Waals surface area contributed by atoms with E-state index in [1.54, 1.807) is 0 Å². The van der Waals surface area contributed by atoms with Gasteiger partial charge in [0.25, 0.3) is 0 Å². The third-order valence-electron chi connectivity index (χ3n) is 2.95. The van der Waals surface area contributed by atoms with Crippen LogP contribution in [0.1, 0.15) is 46.5 Å². The van der Waals surface area contributed by atoms with Crippen molar-refractivity contribution in [2.24, 2.45) is 0 Å². The minimum absolute atomic E-state index is 0.184. The molecule has 1 nitrogen and oxygen atoms in total. The van der Waals surface area contributed by atoms with E-state index in [9.17, 15) is 5.11 Å². The van der Waals surface area contributed by atoms with Crippen LogP contribution in [0.15, 0.2) is 9.67 Å². The Balaban J connectivity index is 4.51. The monoisotopic (exact) mass is 340 g/mol. The summed E-state index contributed by atoms with van der Waals surface area (Å²) in [6.07, 6.45) is 6.93. The molecule has 0 saturated heterocycles. The average molecular weight is 339 g/mol. The molecule has 0 fully saturated rings. The summed E-state index contributed by atoms with van der Waals surface area (Å²) in [5, 5.41) is 9.36. The average Bonchev–Trinajstić information content (AvgIpc) is 2.25. The van der Waals surface area contributed by atoms with Crippen LogP contribution in [0.3, 0.4) is 0 Å². The second kappa shape index (κ2) is 8.89. The second-order valence-electron chi connectivity index (χ2n) is 4.14. The minimum atomic E-state index is -2.63. The molecule has 1 N–H and O–H groups in total. The first-order valence-corrected chi connectivity index (χ1v) is 15.2. The third-order valence-corrected chi connectivity index (χ3v) is 18.2. The first kappa shape index (κ1) is 15.8. The maximum absolute atomic E-state index is 9.36. The van der Waals surface area contributed by atoms with Gasteiger partial charge in [-0.05, 0) is 0 Å². The Morgan fingerprint density at radius 2 is 1.67 bits per heavy atom. The van der Waals surface area contributed by atoms with Crippen molar-refractivity contribution in [1.29, 1.82) is 0 Å². The van der Waals surface area contributed by atoms with Gasteiger partial charge in [-0.15, -0.1) is 0 Å². The molecule has 0 aromatic carbocycles. The van der Waals surface area contributed by atoms with Crippen LogP contribution in [0.2, 0.25) is 8.87 Å². The summed E-state index contributed by atoms with van der Waals surface area (Å²) in [6.45, 7) is 6.61. The van der Waals surface area contributed by atoms with Crippen molar-refractivity contribution in [3.63, 3.8) is 0 Å². The number of allylic oxidation sites excluding steroid dienone is 1. The zero-order valence-corrected chi connectivity index (χ0v) is 14.0. The van der Waals surface area contributed by atoms with Gasteiger partial charge in [-0.1, -0.05) is 0 Å². The molecule has 0 aliphatic heterocycles. The Morgan fingerprint density at radius 1 is 1.20 bits per heavy atom.